The van der Waals surface area contributed by atoms with Crippen molar-refractivity contribution in [2.75, 3.05) is 32.7 Å². The number of carbonyl (C=O) groups excluding carboxylic acids is 1. The lowest BCUT2D eigenvalue weighted by Crippen LogP contribution is -2.46. The fourth-order valence-electron chi connectivity index (χ4n) is 3.64. The summed E-state index contributed by atoms with van der Waals surface area (Å²) in [5.41, 5.74) is 2.61. The van der Waals surface area contributed by atoms with E-state index in [1.54, 1.807) is 0 Å². The standard InChI is InChI=1S/C21H28N2O/c1-21(2)16-19(15-20(24)17-21)23-13-11-22(12-14-23)10-6-9-18-7-4-3-5-8-18/h3-9,15H,10-14,16-17H2,1-2H3/b9-6+. The van der Waals surface area contributed by atoms with Gasteiger partial charge in [-0.25, -0.2) is 0 Å². The summed E-state index contributed by atoms with van der Waals surface area (Å²) in [4.78, 5) is 16.8. The van der Waals surface area contributed by atoms with Crippen molar-refractivity contribution >= 4 is 11.9 Å². The van der Waals surface area contributed by atoms with Crippen molar-refractivity contribution in [2.45, 2.75) is 26.7 Å². The highest BCUT2D eigenvalue weighted by molar-refractivity contribution is 5.91. The Morgan fingerprint density at radius 1 is 1.04 bits per heavy atom. The van der Waals surface area contributed by atoms with Crippen LogP contribution in [0.15, 0.2) is 48.2 Å². The highest BCUT2D eigenvalue weighted by atomic mass is 16.1. The lowest BCUT2D eigenvalue weighted by Gasteiger charge is -2.40. The Morgan fingerprint density at radius 2 is 1.75 bits per heavy atom. The minimum atomic E-state index is 0.108. The van der Waals surface area contributed by atoms with Gasteiger partial charge in [0, 0.05) is 50.9 Å². The zero-order chi connectivity index (χ0) is 17.0. The summed E-state index contributed by atoms with van der Waals surface area (Å²) in [6.45, 7) is 9.55. The van der Waals surface area contributed by atoms with E-state index in [4.69, 9.17) is 0 Å². The molecule has 3 heteroatoms. The Balaban J connectivity index is 1.49. The number of carbonyl (C=O) groups is 1. The molecule has 2 aliphatic rings. The van der Waals surface area contributed by atoms with Gasteiger partial charge < -0.3 is 4.90 Å². The van der Waals surface area contributed by atoms with Gasteiger partial charge in [0.15, 0.2) is 5.78 Å². The van der Waals surface area contributed by atoms with Crippen LogP contribution in [0.5, 0.6) is 0 Å². The van der Waals surface area contributed by atoms with Gasteiger partial charge in [-0.05, 0) is 17.4 Å². The predicted molar refractivity (Wildman–Crippen MR) is 99.6 cm³/mol. The van der Waals surface area contributed by atoms with Crippen LogP contribution in [-0.2, 0) is 4.79 Å². The Labute approximate surface area is 145 Å². The summed E-state index contributed by atoms with van der Waals surface area (Å²) in [5.74, 6) is 0.287. The first-order valence-corrected chi connectivity index (χ1v) is 8.94. The van der Waals surface area contributed by atoms with E-state index in [0.717, 1.165) is 39.1 Å². The molecule has 128 valence electrons. The van der Waals surface area contributed by atoms with Crippen molar-refractivity contribution in [3.05, 3.63) is 53.7 Å². The third kappa shape index (κ3) is 4.57. The van der Waals surface area contributed by atoms with Gasteiger partial charge in [0.25, 0.3) is 0 Å². The largest absolute Gasteiger partial charge is 0.372 e. The summed E-state index contributed by atoms with van der Waals surface area (Å²) in [6, 6.07) is 10.4. The molecule has 24 heavy (non-hydrogen) atoms. The molecule has 3 nitrogen and oxygen atoms in total. The number of hydrogen-bond donors (Lipinski definition) is 0. The molecule has 0 aromatic heterocycles. The van der Waals surface area contributed by atoms with Crippen LogP contribution in [0.25, 0.3) is 6.08 Å². The summed E-state index contributed by atoms with van der Waals surface area (Å²) in [6.07, 6.45) is 8.03. The lowest BCUT2D eigenvalue weighted by atomic mass is 9.78. The van der Waals surface area contributed by atoms with Crippen molar-refractivity contribution in [3.63, 3.8) is 0 Å². The van der Waals surface area contributed by atoms with Gasteiger partial charge in [0.2, 0.25) is 0 Å². The van der Waals surface area contributed by atoms with Crippen LogP contribution >= 0.6 is 0 Å². The number of hydrogen-bond acceptors (Lipinski definition) is 3. The maximum Gasteiger partial charge on any atom is 0.157 e. The Morgan fingerprint density at radius 3 is 2.42 bits per heavy atom. The predicted octanol–water partition coefficient (Wildman–Crippen LogP) is 3.59. The highest BCUT2D eigenvalue weighted by Crippen LogP contribution is 2.35. The first-order chi connectivity index (χ1) is 11.5. The molecule has 1 aliphatic heterocycles. The zero-order valence-electron chi connectivity index (χ0n) is 14.9. The van der Waals surface area contributed by atoms with E-state index in [2.05, 4.69) is 60.1 Å². The number of ketones is 1. The average Bonchev–Trinajstić information content (AvgIpc) is 2.55. The number of allylic oxidation sites excluding steroid dienone is 2. The smallest absolute Gasteiger partial charge is 0.157 e. The molecule has 1 aromatic rings. The van der Waals surface area contributed by atoms with Gasteiger partial charge in [0.1, 0.15) is 0 Å². The fraction of sp³-hybridized carbons (Fsp3) is 0.476. The maximum absolute atomic E-state index is 11.9. The Bertz CT molecular complexity index is 622. The first-order valence-electron chi connectivity index (χ1n) is 8.94. The third-order valence-electron chi connectivity index (χ3n) is 4.89. The van der Waals surface area contributed by atoms with Crippen LogP contribution in [0.4, 0.5) is 0 Å². The summed E-state index contributed by atoms with van der Waals surface area (Å²) in [5, 5.41) is 0. The Kier molecular flexibility index (Phi) is 5.20. The maximum atomic E-state index is 11.9. The molecule has 1 aromatic carbocycles. The second-order valence-corrected chi connectivity index (χ2v) is 7.72. The quantitative estimate of drug-likeness (QED) is 0.845. The van der Waals surface area contributed by atoms with Crippen LogP contribution in [0.1, 0.15) is 32.3 Å². The van der Waals surface area contributed by atoms with Gasteiger partial charge in [-0.1, -0.05) is 56.3 Å². The van der Waals surface area contributed by atoms with Gasteiger partial charge in [-0.3, -0.25) is 9.69 Å². The second-order valence-electron chi connectivity index (χ2n) is 7.72. The van der Waals surface area contributed by atoms with E-state index in [9.17, 15) is 4.79 Å². The van der Waals surface area contributed by atoms with Crippen molar-refractivity contribution in [1.29, 1.82) is 0 Å². The monoisotopic (exact) mass is 324 g/mol. The number of nitrogens with zero attached hydrogens (tertiary/aromatic N) is 2. The van der Waals surface area contributed by atoms with E-state index in [1.807, 2.05) is 12.1 Å². The van der Waals surface area contributed by atoms with E-state index in [1.165, 1.54) is 11.3 Å². The van der Waals surface area contributed by atoms with Crippen molar-refractivity contribution in [2.24, 2.45) is 5.41 Å². The number of rotatable bonds is 4. The molecule has 1 saturated heterocycles. The van der Waals surface area contributed by atoms with Gasteiger partial charge in [-0.15, -0.1) is 0 Å². The van der Waals surface area contributed by atoms with Crippen LogP contribution in [0.3, 0.4) is 0 Å². The molecule has 3 rings (SSSR count). The van der Waals surface area contributed by atoms with E-state index < -0.39 is 0 Å². The van der Waals surface area contributed by atoms with E-state index >= 15 is 0 Å². The molecule has 0 amide bonds. The topological polar surface area (TPSA) is 23.6 Å². The van der Waals surface area contributed by atoms with Crippen LogP contribution < -0.4 is 0 Å². The van der Waals surface area contributed by atoms with Crippen molar-refractivity contribution < 1.29 is 4.79 Å². The van der Waals surface area contributed by atoms with Crippen LogP contribution in [0, 0.1) is 5.41 Å². The SMILES string of the molecule is CC1(C)CC(=O)C=C(N2CCN(C/C=C/c3ccccc3)CC2)C1. The van der Waals surface area contributed by atoms with Gasteiger partial charge >= 0.3 is 0 Å². The molecule has 0 N–H and O–H groups in total. The summed E-state index contributed by atoms with van der Waals surface area (Å²) in [7, 11) is 0. The third-order valence-corrected chi connectivity index (χ3v) is 4.89. The van der Waals surface area contributed by atoms with Gasteiger partial charge in [0.05, 0.1) is 0 Å². The molecule has 0 spiro atoms. The fourth-order valence-corrected chi connectivity index (χ4v) is 3.64. The molecule has 0 bridgehead atoms. The molecule has 0 atom stereocenters. The minimum absolute atomic E-state index is 0.108. The molecule has 0 saturated carbocycles. The second kappa shape index (κ2) is 7.35. The van der Waals surface area contributed by atoms with Crippen LogP contribution in [0.2, 0.25) is 0 Å². The summed E-state index contributed by atoms with van der Waals surface area (Å²) >= 11 is 0. The molecule has 1 fully saturated rings. The Hall–Kier alpha value is -1.87. The van der Waals surface area contributed by atoms with Crippen LogP contribution in [-0.4, -0.2) is 48.3 Å². The average molecular weight is 324 g/mol. The summed E-state index contributed by atoms with van der Waals surface area (Å²) < 4.78 is 0. The molecule has 1 aliphatic carbocycles. The number of benzene rings is 1. The molecule has 0 unspecified atom stereocenters. The van der Waals surface area contributed by atoms with E-state index in [-0.39, 0.29) is 11.2 Å². The lowest BCUT2D eigenvalue weighted by molar-refractivity contribution is -0.117. The zero-order valence-corrected chi connectivity index (χ0v) is 14.9. The first kappa shape index (κ1) is 17.0. The van der Waals surface area contributed by atoms with Crippen molar-refractivity contribution in [1.82, 2.24) is 9.80 Å². The molecular formula is C21H28N2O. The van der Waals surface area contributed by atoms with Crippen molar-refractivity contribution in [3.8, 4) is 0 Å². The highest BCUT2D eigenvalue weighted by Gasteiger charge is 2.30. The number of piperazine rings is 1. The van der Waals surface area contributed by atoms with E-state index in [0.29, 0.717) is 6.42 Å². The molecular weight excluding hydrogens is 296 g/mol. The van der Waals surface area contributed by atoms with Gasteiger partial charge in [-0.2, -0.15) is 0 Å². The normalized spacial score (nSPS) is 22.0. The minimum Gasteiger partial charge on any atom is -0.372 e. The molecule has 0 radical (unpaired) electrons. The molecule has 1 heterocycles.